The lowest BCUT2D eigenvalue weighted by atomic mass is 10.1. The fraction of sp³-hybridized carbons (Fsp3) is 0.273. The Morgan fingerprint density at radius 2 is 2.27 bits per heavy atom. The summed E-state index contributed by atoms with van der Waals surface area (Å²) >= 11 is 0. The molecule has 79 valence electrons. The molecule has 1 unspecified atom stereocenters. The van der Waals surface area contributed by atoms with E-state index in [1.807, 2.05) is 0 Å². The van der Waals surface area contributed by atoms with E-state index in [1.54, 1.807) is 24.3 Å². The molecule has 0 spiro atoms. The van der Waals surface area contributed by atoms with Crippen LogP contribution < -0.4 is 5.32 Å². The normalized spacial score (nSPS) is 11.8. The Bertz CT molecular complexity index is 348. The van der Waals surface area contributed by atoms with E-state index in [-0.39, 0.29) is 12.3 Å². The molecule has 15 heavy (non-hydrogen) atoms. The number of hydrogen-bond donors (Lipinski definition) is 2. The molecule has 0 bridgehead atoms. The van der Waals surface area contributed by atoms with Gasteiger partial charge in [0.15, 0.2) is 0 Å². The van der Waals surface area contributed by atoms with E-state index in [0.717, 1.165) is 5.56 Å². The fourth-order valence-corrected chi connectivity index (χ4v) is 1.22. The van der Waals surface area contributed by atoms with Crippen molar-refractivity contribution in [1.29, 1.82) is 0 Å². The molecule has 4 heteroatoms. The lowest BCUT2D eigenvalue weighted by molar-refractivity contribution is -0.141. The lowest BCUT2D eigenvalue weighted by Crippen LogP contribution is -2.41. The van der Waals surface area contributed by atoms with E-state index in [2.05, 4.69) is 11.4 Å². The standard InChI is InChI=1S/C11H12NO3/c1-8(13)12-10(11(14)15)7-9-5-3-2-4-6-9/h2-5,10H,7H2,1H3,(H,12,13)(H,14,15). The van der Waals surface area contributed by atoms with Crippen LogP contribution in [0.3, 0.4) is 0 Å². The molecule has 0 aromatic heterocycles. The first-order valence-corrected chi connectivity index (χ1v) is 4.55. The molecule has 1 aromatic carbocycles. The molecule has 0 aliphatic heterocycles. The SMILES string of the molecule is CC(=O)NC(Cc1[c]cccc1)C(=O)O. The Balaban J connectivity index is 2.67. The topological polar surface area (TPSA) is 66.4 Å². The zero-order valence-corrected chi connectivity index (χ0v) is 8.36. The van der Waals surface area contributed by atoms with Gasteiger partial charge in [-0.05, 0) is 11.6 Å². The van der Waals surface area contributed by atoms with E-state index in [4.69, 9.17) is 5.11 Å². The highest BCUT2D eigenvalue weighted by Gasteiger charge is 2.18. The van der Waals surface area contributed by atoms with E-state index < -0.39 is 12.0 Å². The number of amides is 1. The van der Waals surface area contributed by atoms with Crippen molar-refractivity contribution in [3.05, 3.63) is 35.9 Å². The zero-order chi connectivity index (χ0) is 11.3. The van der Waals surface area contributed by atoms with Gasteiger partial charge in [0, 0.05) is 13.3 Å². The third-order valence-electron chi connectivity index (χ3n) is 1.87. The maximum absolute atomic E-state index is 10.8. The molecule has 1 aromatic rings. The van der Waals surface area contributed by atoms with Crippen molar-refractivity contribution < 1.29 is 14.7 Å². The van der Waals surface area contributed by atoms with Gasteiger partial charge in [-0.15, -0.1) is 0 Å². The van der Waals surface area contributed by atoms with Crippen LogP contribution in [0.1, 0.15) is 12.5 Å². The van der Waals surface area contributed by atoms with E-state index in [1.165, 1.54) is 6.92 Å². The van der Waals surface area contributed by atoms with Crippen LogP contribution in [-0.4, -0.2) is 23.0 Å². The summed E-state index contributed by atoms with van der Waals surface area (Å²) in [7, 11) is 0. The van der Waals surface area contributed by atoms with Crippen molar-refractivity contribution in [2.45, 2.75) is 19.4 Å². The maximum Gasteiger partial charge on any atom is 0.326 e. The Morgan fingerprint density at radius 3 is 2.73 bits per heavy atom. The highest BCUT2D eigenvalue weighted by atomic mass is 16.4. The second-order valence-corrected chi connectivity index (χ2v) is 3.18. The van der Waals surface area contributed by atoms with Crippen LogP contribution in [0.2, 0.25) is 0 Å². The van der Waals surface area contributed by atoms with Gasteiger partial charge in [-0.1, -0.05) is 24.3 Å². The van der Waals surface area contributed by atoms with Crippen molar-refractivity contribution >= 4 is 11.9 Å². The summed E-state index contributed by atoms with van der Waals surface area (Å²) in [5.41, 5.74) is 0.763. The maximum atomic E-state index is 10.8. The average Bonchev–Trinajstić information content (AvgIpc) is 2.17. The van der Waals surface area contributed by atoms with Crippen LogP contribution in [0.25, 0.3) is 0 Å². The number of hydrogen-bond acceptors (Lipinski definition) is 2. The minimum atomic E-state index is -1.04. The van der Waals surface area contributed by atoms with Gasteiger partial charge in [0.2, 0.25) is 5.91 Å². The largest absolute Gasteiger partial charge is 0.480 e. The monoisotopic (exact) mass is 206 g/mol. The number of aliphatic carboxylic acids is 1. The van der Waals surface area contributed by atoms with Crippen LogP contribution in [0, 0.1) is 6.07 Å². The summed E-state index contributed by atoms with van der Waals surface area (Å²) in [4.78, 5) is 21.6. The highest BCUT2D eigenvalue weighted by molar-refractivity contribution is 5.82. The number of carboxylic acids is 1. The summed E-state index contributed by atoms with van der Waals surface area (Å²) in [5.74, 6) is -1.39. The van der Waals surface area contributed by atoms with Crippen LogP contribution in [-0.2, 0) is 16.0 Å². The predicted molar refractivity (Wildman–Crippen MR) is 54.2 cm³/mol. The van der Waals surface area contributed by atoms with Crippen LogP contribution in [0.15, 0.2) is 24.3 Å². The number of benzene rings is 1. The Hall–Kier alpha value is -1.84. The number of carbonyl (C=O) groups is 2. The van der Waals surface area contributed by atoms with Gasteiger partial charge in [-0.2, -0.15) is 0 Å². The van der Waals surface area contributed by atoms with Gasteiger partial charge in [0.05, 0.1) is 0 Å². The minimum absolute atomic E-state index is 0.246. The van der Waals surface area contributed by atoms with E-state index in [9.17, 15) is 9.59 Å². The number of carboxylic acid groups (broad SMARTS) is 1. The molecule has 1 atom stereocenters. The van der Waals surface area contributed by atoms with Crippen LogP contribution in [0.4, 0.5) is 0 Å². The second kappa shape index (κ2) is 5.14. The molecule has 1 radical (unpaired) electrons. The smallest absolute Gasteiger partial charge is 0.326 e. The second-order valence-electron chi connectivity index (χ2n) is 3.18. The van der Waals surface area contributed by atoms with Crippen LogP contribution >= 0.6 is 0 Å². The summed E-state index contributed by atoms with van der Waals surface area (Å²) in [6.07, 6.45) is 0.246. The van der Waals surface area contributed by atoms with Crippen molar-refractivity contribution in [3.8, 4) is 0 Å². The van der Waals surface area contributed by atoms with Gasteiger partial charge in [-0.25, -0.2) is 4.79 Å². The number of carbonyl (C=O) groups excluding carboxylic acids is 1. The minimum Gasteiger partial charge on any atom is -0.480 e. The molecule has 0 saturated carbocycles. The molecule has 0 saturated heterocycles. The Kier molecular flexibility index (Phi) is 3.85. The van der Waals surface area contributed by atoms with Gasteiger partial charge < -0.3 is 10.4 Å². The Labute approximate surface area is 87.9 Å². The summed E-state index contributed by atoms with van der Waals surface area (Å²) in [5, 5.41) is 11.2. The van der Waals surface area contributed by atoms with Crippen molar-refractivity contribution in [2.75, 3.05) is 0 Å². The molecule has 1 rings (SSSR count). The molecule has 2 N–H and O–H groups in total. The van der Waals surface area contributed by atoms with Crippen molar-refractivity contribution in [3.63, 3.8) is 0 Å². The molecular formula is C11H12NO3. The summed E-state index contributed by atoms with van der Waals surface area (Å²) < 4.78 is 0. The van der Waals surface area contributed by atoms with Crippen molar-refractivity contribution in [1.82, 2.24) is 5.32 Å². The first-order valence-electron chi connectivity index (χ1n) is 4.55. The van der Waals surface area contributed by atoms with Gasteiger partial charge in [-0.3, -0.25) is 4.79 Å². The molecule has 0 aliphatic rings. The van der Waals surface area contributed by atoms with Gasteiger partial charge in [0.25, 0.3) is 0 Å². The molecular weight excluding hydrogens is 194 g/mol. The third-order valence-corrected chi connectivity index (χ3v) is 1.87. The first kappa shape index (κ1) is 11.2. The van der Waals surface area contributed by atoms with Crippen LogP contribution in [0.5, 0.6) is 0 Å². The molecule has 0 heterocycles. The van der Waals surface area contributed by atoms with Gasteiger partial charge in [0.1, 0.15) is 6.04 Å². The predicted octanol–water partition coefficient (Wildman–Crippen LogP) is 0.619. The van der Waals surface area contributed by atoms with E-state index in [0.29, 0.717) is 0 Å². The number of rotatable bonds is 4. The molecule has 0 aliphatic carbocycles. The number of nitrogens with one attached hydrogen (secondary N) is 1. The summed E-state index contributed by atoms with van der Waals surface area (Å²) in [6.45, 7) is 1.30. The molecule has 0 fully saturated rings. The molecule has 1 amide bonds. The van der Waals surface area contributed by atoms with E-state index >= 15 is 0 Å². The highest BCUT2D eigenvalue weighted by Crippen LogP contribution is 2.02. The average molecular weight is 206 g/mol. The fourth-order valence-electron chi connectivity index (χ4n) is 1.22. The zero-order valence-electron chi connectivity index (χ0n) is 8.36. The Morgan fingerprint density at radius 1 is 1.53 bits per heavy atom. The quantitative estimate of drug-likeness (QED) is 0.758. The van der Waals surface area contributed by atoms with Gasteiger partial charge >= 0.3 is 5.97 Å². The third kappa shape index (κ3) is 3.81. The molecule has 4 nitrogen and oxygen atoms in total. The summed E-state index contributed by atoms with van der Waals surface area (Å²) in [6, 6.07) is 9.12. The first-order chi connectivity index (χ1) is 7.09. The van der Waals surface area contributed by atoms with Crippen molar-refractivity contribution in [2.24, 2.45) is 0 Å². The lowest BCUT2D eigenvalue weighted by Gasteiger charge is -2.12.